The van der Waals surface area contributed by atoms with Gasteiger partial charge in [-0.05, 0) is 25.8 Å². The Morgan fingerprint density at radius 1 is 1.08 bits per heavy atom. The van der Waals surface area contributed by atoms with Crippen LogP contribution in [0.1, 0.15) is 64.9 Å². The van der Waals surface area contributed by atoms with Gasteiger partial charge in [-0.1, -0.05) is 32.8 Å². The Kier molecular flexibility index (Phi) is 7.67. The highest BCUT2D eigenvalue weighted by molar-refractivity contribution is 6.03. The smallest absolute Gasteiger partial charge is 0.146 e. The minimum Gasteiger partial charge on any atom is -0.384 e. The first-order valence-corrected chi connectivity index (χ1v) is 8.49. The summed E-state index contributed by atoms with van der Waals surface area (Å²) in [7, 11) is 0. The molecule has 0 aromatic heterocycles. The highest BCUT2D eigenvalue weighted by atomic mass is 19.1. The van der Waals surface area contributed by atoms with Crippen molar-refractivity contribution in [2.45, 2.75) is 64.9 Å². The van der Waals surface area contributed by atoms with Crippen LogP contribution >= 0.6 is 0 Å². The number of hydrogen-bond donors (Lipinski definition) is 1. The molecule has 0 radical (unpaired) electrons. The molecule has 1 atom stereocenters. The third-order valence-electron chi connectivity index (χ3n) is 4.24. The van der Waals surface area contributed by atoms with Gasteiger partial charge < -0.3 is 5.11 Å². The lowest BCUT2D eigenvalue weighted by atomic mass is 9.75. The first kappa shape index (κ1) is 20.4. The van der Waals surface area contributed by atoms with Crippen LogP contribution in [-0.4, -0.2) is 16.7 Å². The van der Waals surface area contributed by atoms with E-state index < -0.39 is 34.7 Å². The van der Waals surface area contributed by atoms with Crippen LogP contribution in [0.15, 0.2) is 18.2 Å². The molecule has 0 saturated carbocycles. The highest BCUT2D eigenvalue weighted by Gasteiger charge is 2.44. The molecule has 3 nitrogen and oxygen atoms in total. The van der Waals surface area contributed by atoms with E-state index in [0.29, 0.717) is 18.9 Å². The summed E-state index contributed by atoms with van der Waals surface area (Å²) < 4.78 is 27.2. The number of unbranched alkanes of at least 4 members (excludes halogenated alkanes) is 2. The monoisotopic (exact) mass is 340 g/mol. The lowest BCUT2D eigenvalue weighted by molar-refractivity contribution is -0.144. The zero-order chi connectivity index (χ0) is 18.3. The predicted molar refractivity (Wildman–Crippen MR) is 88.5 cm³/mol. The summed E-state index contributed by atoms with van der Waals surface area (Å²) in [6, 6.07) is 2.75. The number of carbonyl (C=O) groups is 2. The molecule has 1 N–H and O–H groups in total. The molecule has 0 aliphatic rings. The van der Waals surface area contributed by atoms with Crippen LogP contribution in [0.4, 0.5) is 8.78 Å². The fraction of sp³-hybridized carbons (Fsp3) is 0.579. The number of aliphatic hydroxyl groups is 1. The average molecular weight is 340 g/mol. The summed E-state index contributed by atoms with van der Waals surface area (Å²) in [5.41, 5.74) is -2.24. The largest absolute Gasteiger partial charge is 0.384 e. The maximum atomic E-state index is 14.1. The van der Waals surface area contributed by atoms with Gasteiger partial charge in [-0.3, -0.25) is 9.59 Å². The molecule has 24 heavy (non-hydrogen) atoms. The van der Waals surface area contributed by atoms with Crippen molar-refractivity contribution in [3.63, 3.8) is 0 Å². The fourth-order valence-corrected chi connectivity index (χ4v) is 2.85. The van der Waals surface area contributed by atoms with Crippen molar-refractivity contribution in [3.05, 3.63) is 35.4 Å². The standard InChI is InChI=1S/C19H26F2O3/c1-4-6-8-16(22)18(17(23)9-7-5-2)19(3,24)14-11-10-13(20)12-15(14)21/h10-12,18,24H,4-9H2,1-3H3. The van der Waals surface area contributed by atoms with Crippen molar-refractivity contribution in [3.8, 4) is 0 Å². The zero-order valence-electron chi connectivity index (χ0n) is 14.6. The molecule has 0 fully saturated rings. The summed E-state index contributed by atoms with van der Waals surface area (Å²) in [6.45, 7) is 5.08. The lowest BCUT2D eigenvalue weighted by Crippen LogP contribution is -2.43. The van der Waals surface area contributed by atoms with Gasteiger partial charge in [-0.25, -0.2) is 8.78 Å². The van der Waals surface area contributed by atoms with Crippen molar-refractivity contribution in [1.82, 2.24) is 0 Å². The van der Waals surface area contributed by atoms with Crippen molar-refractivity contribution in [2.24, 2.45) is 5.92 Å². The van der Waals surface area contributed by atoms with Crippen LogP contribution < -0.4 is 0 Å². The van der Waals surface area contributed by atoms with E-state index in [1.807, 2.05) is 13.8 Å². The first-order valence-electron chi connectivity index (χ1n) is 8.49. The van der Waals surface area contributed by atoms with Gasteiger partial charge in [0, 0.05) is 24.5 Å². The van der Waals surface area contributed by atoms with E-state index in [-0.39, 0.29) is 18.4 Å². The Morgan fingerprint density at radius 2 is 1.58 bits per heavy atom. The molecule has 1 aromatic carbocycles. The van der Waals surface area contributed by atoms with E-state index in [1.165, 1.54) is 6.92 Å². The van der Waals surface area contributed by atoms with Crippen molar-refractivity contribution < 1.29 is 23.5 Å². The van der Waals surface area contributed by atoms with Gasteiger partial charge in [-0.15, -0.1) is 0 Å². The number of rotatable bonds is 10. The second kappa shape index (κ2) is 9.02. The minimum atomic E-state index is -2.01. The van der Waals surface area contributed by atoms with Gasteiger partial charge in [0.15, 0.2) is 0 Å². The Bertz CT molecular complexity index is 562. The minimum absolute atomic E-state index is 0.151. The van der Waals surface area contributed by atoms with Crippen LogP contribution in [-0.2, 0) is 15.2 Å². The number of benzene rings is 1. The maximum Gasteiger partial charge on any atom is 0.146 e. The van der Waals surface area contributed by atoms with E-state index in [1.54, 1.807) is 0 Å². The predicted octanol–water partition coefficient (Wildman–Crippen LogP) is 4.31. The van der Waals surface area contributed by atoms with Crippen LogP contribution in [0.2, 0.25) is 0 Å². The molecule has 0 amide bonds. The molecule has 0 heterocycles. The van der Waals surface area contributed by atoms with Gasteiger partial charge in [0.2, 0.25) is 0 Å². The summed E-state index contributed by atoms with van der Waals surface area (Å²) in [5.74, 6) is -3.87. The van der Waals surface area contributed by atoms with Gasteiger partial charge in [0.25, 0.3) is 0 Å². The molecule has 1 unspecified atom stereocenters. The number of carbonyl (C=O) groups excluding carboxylic acids is 2. The molecular formula is C19H26F2O3. The van der Waals surface area contributed by atoms with Crippen molar-refractivity contribution >= 4 is 11.6 Å². The van der Waals surface area contributed by atoms with Crippen molar-refractivity contribution in [1.29, 1.82) is 0 Å². The molecule has 0 spiro atoms. The van der Waals surface area contributed by atoms with Gasteiger partial charge in [0.1, 0.15) is 34.7 Å². The molecule has 1 aromatic rings. The van der Waals surface area contributed by atoms with Crippen LogP contribution in [0.3, 0.4) is 0 Å². The van der Waals surface area contributed by atoms with Gasteiger partial charge in [0.05, 0.1) is 0 Å². The van der Waals surface area contributed by atoms with E-state index in [4.69, 9.17) is 0 Å². The Morgan fingerprint density at radius 3 is 2.00 bits per heavy atom. The summed E-state index contributed by atoms with van der Waals surface area (Å²) in [5, 5.41) is 10.9. The number of ketones is 2. The SMILES string of the molecule is CCCCC(=O)C(C(=O)CCCC)C(C)(O)c1ccc(F)cc1F. The molecule has 134 valence electrons. The van der Waals surface area contributed by atoms with E-state index in [2.05, 4.69) is 0 Å². The maximum absolute atomic E-state index is 14.1. The van der Waals surface area contributed by atoms with Gasteiger partial charge >= 0.3 is 0 Å². The quantitative estimate of drug-likeness (QED) is 0.646. The molecule has 0 bridgehead atoms. The van der Waals surface area contributed by atoms with Crippen molar-refractivity contribution in [2.75, 3.05) is 0 Å². The third kappa shape index (κ3) is 4.94. The van der Waals surface area contributed by atoms with E-state index >= 15 is 0 Å². The summed E-state index contributed by atoms with van der Waals surface area (Å²) in [4.78, 5) is 25.1. The fourth-order valence-electron chi connectivity index (χ4n) is 2.85. The lowest BCUT2D eigenvalue weighted by Gasteiger charge is -2.32. The molecule has 5 heteroatoms. The number of halogens is 2. The highest BCUT2D eigenvalue weighted by Crippen LogP contribution is 2.35. The van der Waals surface area contributed by atoms with Crippen LogP contribution in [0.5, 0.6) is 0 Å². The second-order valence-electron chi connectivity index (χ2n) is 6.34. The average Bonchev–Trinajstić information content (AvgIpc) is 2.50. The second-order valence-corrected chi connectivity index (χ2v) is 6.34. The van der Waals surface area contributed by atoms with E-state index in [9.17, 15) is 23.5 Å². The molecular weight excluding hydrogens is 314 g/mol. The topological polar surface area (TPSA) is 54.4 Å². The normalized spacial score (nSPS) is 13.8. The third-order valence-corrected chi connectivity index (χ3v) is 4.24. The van der Waals surface area contributed by atoms with Crippen LogP contribution in [0.25, 0.3) is 0 Å². The molecule has 0 aliphatic heterocycles. The number of hydrogen-bond acceptors (Lipinski definition) is 3. The summed E-state index contributed by atoms with van der Waals surface area (Å²) in [6.07, 6.45) is 3.04. The van der Waals surface area contributed by atoms with Gasteiger partial charge in [-0.2, -0.15) is 0 Å². The Labute approximate surface area is 142 Å². The molecule has 0 aliphatic carbocycles. The molecule has 0 saturated heterocycles. The number of Topliss-reactive ketones (excluding diaryl/α,β-unsaturated/α-hetero) is 2. The first-order chi connectivity index (χ1) is 11.3. The zero-order valence-corrected chi connectivity index (χ0v) is 14.6. The summed E-state index contributed by atoms with van der Waals surface area (Å²) >= 11 is 0. The Balaban J connectivity index is 3.23. The molecule has 1 rings (SSSR count). The van der Waals surface area contributed by atoms with E-state index in [0.717, 1.165) is 25.0 Å². The Hall–Kier alpha value is -1.62. The van der Waals surface area contributed by atoms with Crippen LogP contribution in [0, 0.1) is 17.6 Å².